The second-order valence-electron chi connectivity index (χ2n) is 4.59. The van der Waals surface area contributed by atoms with Crippen LogP contribution in [0.4, 0.5) is 13.2 Å². The van der Waals surface area contributed by atoms with Crippen molar-refractivity contribution in [1.29, 1.82) is 0 Å². The highest BCUT2D eigenvalue weighted by atomic mass is 79.9. The summed E-state index contributed by atoms with van der Waals surface area (Å²) in [6, 6.07) is 6.10. The molecule has 0 aliphatic heterocycles. The normalized spacial score (nSPS) is 11.2. The number of alkyl halides is 3. The van der Waals surface area contributed by atoms with Crippen LogP contribution in [0, 0.1) is 6.92 Å². The van der Waals surface area contributed by atoms with Gasteiger partial charge < -0.3 is 14.6 Å². The summed E-state index contributed by atoms with van der Waals surface area (Å²) in [5, 5.41) is 9.15. The molecule has 4 nitrogen and oxygen atoms in total. The van der Waals surface area contributed by atoms with Crippen molar-refractivity contribution in [3.8, 4) is 17.2 Å². The van der Waals surface area contributed by atoms with E-state index in [0.717, 1.165) is 18.2 Å². The molecular weight excluding hydrogens is 417 g/mol. The van der Waals surface area contributed by atoms with Crippen LogP contribution in [0.2, 0.25) is 5.02 Å². The van der Waals surface area contributed by atoms with E-state index in [4.69, 9.17) is 16.3 Å². The first-order valence-corrected chi connectivity index (χ1v) is 7.51. The van der Waals surface area contributed by atoms with Crippen LogP contribution >= 0.6 is 27.5 Å². The maximum atomic E-state index is 12.2. The molecule has 24 heavy (non-hydrogen) atoms. The van der Waals surface area contributed by atoms with Crippen molar-refractivity contribution in [3.05, 3.63) is 51.0 Å². The monoisotopic (exact) mass is 424 g/mol. The number of halogens is 5. The minimum Gasteiger partial charge on any atom is -0.478 e. The van der Waals surface area contributed by atoms with Crippen LogP contribution < -0.4 is 9.47 Å². The van der Waals surface area contributed by atoms with Crippen LogP contribution in [0.3, 0.4) is 0 Å². The van der Waals surface area contributed by atoms with Gasteiger partial charge in [-0.15, -0.1) is 13.2 Å². The zero-order valence-electron chi connectivity index (χ0n) is 11.9. The Kier molecular flexibility index (Phi) is 5.29. The molecule has 9 heteroatoms. The second kappa shape index (κ2) is 6.90. The van der Waals surface area contributed by atoms with Crippen molar-refractivity contribution < 1.29 is 32.5 Å². The lowest BCUT2D eigenvalue weighted by atomic mass is 10.1. The zero-order valence-corrected chi connectivity index (χ0v) is 14.3. The minimum atomic E-state index is -4.84. The van der Waals surface area contributed by atoms with Crippen molar-refractivity contribution in [2.75, 3.05) is 0 Å². The van der Waals surface area contributed by atoms with Crippen LogP contribution in [-0.2, 0) is 0 Å². The van der Waals surface area contributed by atoms with Crippen molar-refractivity contribution >= 4 is 33.5 Å². The fraction of sp³-hybridized carbons (Fsp3) is 0.133. The van der Waals surface area contributed by atoms with Gasteiger partial charge in [0.25, 0.3) is 0 Å². The van der Waals surface area contributed by atoms with Crippen molar-refractivity contribution in [3.63, 3.8) is 0 Å². The highest BCUT2D eigenvalue weighted by Gasteiger charge is 2.31. The van der Waals surface area contributed by atoms with E-state index in [1.807, 2.05) is 0 Å². The van der Waals surface area contributed by atoms with Gasteiger partial charge in [-0.3, -0.25) is 0 Å². The van der Waals surface area contributed by atoms with Crippen molar-refractivity contribution in [2.45, 2.75) is 13.3 Å². The molecule has 0 saturated heterocycles. The third kappa shape index (κ3) is 4.33. The van der Waals surface area contributed by atoms with Gasteiger partial charge in [0.1, 0.15) is 22.8 Å². The molecule has 0 radical (unpaired) electrons. The molecule has 0 bridgehead atoms. The molecule has 0 saturated carbocycles. The van der Waals surface area contributed by atoms with Gasteiger partial charge in [-0.05, 0) is 36.8 Å². The largest absolute Gasteiger partial charge is 0.573 e. The number of carboxylic acid groups (broad SMARTS) is 1. The Morgan fingerprint density at radius 3 is 2.38 bits per heavy atom. The second-order valence-corrected chi connectivity index (χ2v) is 5.85. The highest BCUT2D eigenvalue weighted by molar-refractivity contribution is 9.10. The molecule has 2 aromatic rings. The molecule has 128 valence electrons. The number of aromatic carboxylic acids is 1. The summed E-state index contributed by atoms with van der Waals surface area (Å²) in [4.78, 5) is 11.4. The number of carbonyl (C=O) groups is 1. The van der Waals surface area contributed by atoms with Gasteiger partial charge in [-0.25, -0.2) is 4.79 Å². The highest BCUT2D eigenvalue weighted by Crippen LogP contribution is 2.37. The zero-order chi connectivity index (χ0) is 18.1. The lowest BCUT2D eigenvalue weighted by Crippen LogP contribution is -2.17. The molecule has 1 N–H and O–H groups in total. The fourth-order valence-corrected chi connectivity index (χ4v) is 2.43. The number of hydrogen-bond donors (Lipinski definition) is 1. The van der Waals surface area contributed by atoms with Crippen LogP contribution in [0.25, 0.3) is 0 Å². The summed E-state index contributed by atoms with van der Waals surface area (Å²) in [7, 11) is 0. The number of benzene rings is 2. The van der Waals surface area contributed by atoms with E-state index in [2.05, 4.69) is 20.7 Å². The fourth-order valence-electron chi connectivity index (χ4n) is 1.89. The van der Waals surface area contributed by atoms with Crippen LogP contribution in [0.5, 0.6) is 17.2 Å². The van der Waals surface area contributed by atoms with E-state index in [9.17, 15) is 23.1 Å². The van der Waals surface area contributed by atoms with E-state index >= 15 is 0 Å². The topological polar surface area (TPSA) is 55.8 Å². The van der Waals surface area contributed by atoms with Gasteiger partial charge in [0, 0.05) is 10.5 Å². The quantitative estimate of drug-likeness (QED) is 0.673. The lowest BCUT2D eigenvalue weighted by molar-refractivity contribution is -0.274. The molecule has 0 spiro atoms. The van der Waals surface area contributed by atoms with E-state index in [1.165, 1.54) is 6.07 Å². The van der Waals surface area contributed by atoms with Crippen molar-refractivity contribution in [1.82, 2.24) is 0 Å². The Morgan fingerprint density at radius 2 is 1.83 bits per heavy atom. The summed E-state index contributed by atoms with van der Waals surface area (Å²) >= 11 is 9.10. The summed E-state index contributed by atoms with van der Waals surface area (Å²) in [5.41, 5.74) is 0.351. The summed E-state index contributed by atoms with van der Waals surface area (Å²) in [6.45, 7) is 1.59. The first-order chi connectivity index (χ1) is 11.1. The molecule has 0 atom stereocenters. The predicted molar refractivity (Wildman–Crippen MR) is 84.0 cm³/mol. The molecule has 0 fully saturated rings. The maximum absolute atomic E-state index is 12.2. The Hall–Kier alpha value is -1.93. The molecule has 2 rings (SSSR count). The van der Waals surface area contributed by atoms with Gasteiger partial charge in [0.15, 0.2) is 0 Å². The Bertz CT molecular complexity index is 793. The smallest absolute Gasteiger partial charge is 0.478 e. The summed E-state index contributed by atoms with van der Waals surface area (Å²) in [6.07, 6.45) is -4.84. The summed E-state index contributed by atoms with van der Waals surface area (Å²) in [5.74, 6) is -1.72. The standard InChI is InChI=1S/C15H9BrClF3O4/c1-7-9(16)3-5-12(13(7)14(21)22)23-11-4-2-8(6-10(11)17)24-15(18,19)20/h2-6H,1H3,(H,21,22). The third-order valence-corrected chi connectivity index (χ3v) is 4.09. The van der Waals surface area contributed by atoms with Gasteiger partial charge >= 0.3 is 12.3 Å². The van der Waals surface area contributed by atoms with Gasteiger partial charge in [-0.2, -0.15) is 0 Å². The number of hydrogen-bond acceptors (Lipinski definition) is 3. The maximum Gasteiger partial charge on any atom is 0.573 e. The summed E-state index contributed by atoms with van der Waals surface area (Å²) < 4.78 is 46.3. The average Bonchev–Trinajstić information content (AvgIpc) is 2.43. The van der Waals surface area contributed by atoms with E-state index in [-0.39, 0.29) is 22.1 Å². The third-order valence-electron chi connectivity index (χ3n) is 2.93. The van der Waals surface area contributed by atoms with Gasteiger partial charge in [0.05, 0.1) is 5.02 Å². The van der Waals surface area contributed by atoms with Crippen LogP contribution in [0.1, 0.15) is 15.9 Å². The van der Waals surface area contributed by atoms with Gasteiger partial charge in [0.2, 0.25) is 0 Å². The molecule has 0 aromatic heterocycles. The van der Waals surface area contributed by atoms with E-state index < -0.39 is 18.1 Å². The van der Waals surface area contributed by atoms with Crippen molar-refractivity contribution in [2.24, 2.45) is 0 Å². The van der Waals surface area contributed by atoms with Gasteiger partial charge in [-0.1, -0.05) is 27.5 Å². The Labute approximate surface area is 147 Å². The minimum absolute atomic E-state index is 0.00425. The number of rotatable bonds is 4. The number of carboxylic acids is 1. The molecule has 0 aliphatic rings. The molecule has 0 aliphatic carbocycles. The average molecular weight is 426 g/mol. The SMILES string of the molecule is Cc1c(Br)ccc(Oc2ccc(OC(F)(F)F)cc2Cl)c1C(=O)O. The first-order valence-electron chi connectivity index (χ1n) is 6.34. The molecule has 0 unspecified atom stereocenters. The van der Waals surface area contributed by atoms with Crippen LogP contribution in [-0.4, -0.2) is 17.4 Å². The first kappa shape index (κ1) is 18.4. The van der Waals surface area contributed by atoms with E-state index in [1.54, 1.807) is 13.0 Å². The molecule has 0 amide bonds. The Morgan fingerprint density at radius 1 is 1.21 bits per heavy atom. The Balaban J connectivity index is 2.36. The number of ether oxygens (including phenoxy) is 2. The van der Waals surface area contributed by atoms with E-state index in [0.29, 0.717) is 10.0 Å². The molecular formula is C15H9BrClF3O4. The molecule has 0 heterocycles. The predicted octanol–water partition coefficient (Wildman–Crippen LogP) is 5.80. The van der Waals surface area contributed by atoms with Crippen LogP contribution in [0.15, 0.2) is 34.8 Å². The molecule has 2 aromatic carbocycles. The lowest BCUT2D eigenvalue weighted by Gasteiger charge is -2.14.